The van der Waals surface area contributed by atoms with Gasteiger partial charge in [-0.2, -0.15) is 5.11 Å². The topological polar surface area (TPSA) is 104 Å². The summed E-state index contributed by atoms with van der Waals surface area (Å²) >= 11 is 6.04. The molecule has 1 aliphatic heterocycles. The number of hydrogen-bond acceptors (Lipinski definition) is 5. The van der Waals surface area contributed by atoms with Crippen LogP contribution in [-0.2, 0) is 4.74 Å². The van der Waals surface area contributed by atoms with Crippen molar-refractivity contribution >= 4 is 33.9 Å². The zero-order chi connectivity index (χ0) is 20.2. The molecule has 3 aromatic rings. The molecule has 0 bridgehead atoms. The molecule has 148 valence electrons. The van der Waals surface area contributed by atoms with E-state index in [-0.39, 0.29) is 17.4 Å². The molecule has 7 nitrogen and oxygen atoms in total. The number of rotatable bonds is 6. The number of nitrogens with one attached hydrogen (secondary N) is 2. The van der Waals surface area contributed by atoms with Crippen molar-refractivity contribution < 1.29 is 14.8 Å². The molecule has 29 heavy (non-hydrogen) atoms. The van der Waals surface area contributed by atoms with E-state index >= 15 is 0 Å². The zero-order valence-electron chi connectivity index (χ0n) is 15.5. The highest BCUT2D eigenvalue weighted by Gasteiger charge is 2.17. The number of H-pyrrole nitrogens is 1. The first-order chi connectivity index (χ1) is 14.1. The molecule has 0 radical (unpaired) electrons. The van der Waals surface area contributed by atoms with Crippen LogP contribution in [0.1, 0.15) is 12.0 Å². The molecular weight excluding hydrogens is 392 g/mol. The zero-order valence-corrected chi connectivity index (χ0v) is 16.3. The van der Waals surface area contributed by atoms with E-state index in [9.17, 15) is 4.79 Å². The Morgan fingerprint density at radius 3 is 2.83 bits per heavy atom. The van der Waals surface area contributed by atoms with Gasteiger partial charge in [-0.25, -0.2) is 5.53 Å². The minimum absolute atomic E-state index is 0.103. The number of ether oxygens (including phenoxy) is 2. The maximum Gasteiger partial charge on any atom is 0.258 e. The van der Waals surface area contributed by atoms with Gasteiger partial charge in [0.1, 0.15) is 23.7 Å². The quantitative estimate of drug-likeness (QED) is 0.426. The Hall–Kier alpha value is -3.00. The summed E-state index contributed by atoms with van der Waals surface area (Å²) in [5.41, 5.74) is 9.35. The smallest absolute Gasteiger partial charge is 0.258 e. The van der Waals surface area contributed by atoms with Crippen LogP contribution in [0.25, 0.3) is 16.6 Å². The van der Waals surface area contributed by atoms with Crippen molar-refractivity contribution in [1.82, 2.24) is 4.98 Å². The van der Waals surface area contributed by atoms with Gasteiger partial charge in [0.15, 0.2) is 5.70 Å². The van der Waals surface area contributed by atoms with Crippen LogP contribution >= 0.6 is 11.6 Å². The molecule has 4 rings (SSSR count). The Kier molecular flexibility index (Phi) is 5.71. The Morgan fingerprint density at radius 2 is 2.10 bits per heavy atom. The lowest BCUT2D eigenvalue weighted by molar-refractivity contribution is -0.495. The Balaban J connectivity index is 1.53. The second kappa shape index (κ2) is 8.57. The molecule has 1 fully saturated rings. The summed E-state index contributed by atoms with van der Waals surface area (Å²) in [6.45, 7) is 1.36. The van der Waals surface area contributed by atoms with Crippen molar-refractivity contribution in [3.63, 3.8) is 0 Å². The maximum atomic E-state index is 12.4. The summed E-state index contributed by atoms with van der Waals surface area (Å²) in [6, 6.07) is 14.5. The number of nitrogens with two attached hydrogens (primary N) is 1. The number of halogens is 1. The third-order valence-corrected chi connectivity index (χ3v) is 4.94. The van der Waals surface area contributed by atoms with Gasteiger partial charge in [-0.3, -0.25) is 10.1 Å². The van der Waals surface area contributed by atoms with Crippen LogP contribution < -0.4 is 15.6 Å². The highest BCUT2D eigenvalue weighted by atomic mass is 35.5. The van der Waals surface area contributed by atoms with Crippen LogP contribution in [-0.4, -0.2) is 24.3 Å². The Labute approximate surface area is 171 Å². The van der Waals surface area contributed by atoms with Gasteiger partial charge < -0.3 is 14.5 Å². The minimum atomic E-state index is -0.307. The number of quaternary nitrogens is 1. The third-order valence-electron chi connectivity index (χ3n) is 4.71. The van der Waals surface area contributed by atoms with Gasteiger partial charge in [0, 0.05) is 34.5 Å². The van der Waals surface area contributed by atoms with E-state index in [1.807, 2.05) is 24.3 Å². The lowest BCUT2D eigenvalue weighted by atomic mass is 10.1. The summed E-state index contributed by atoms with van der Waals surface area (Å²) in [6.07, 6.45) is 2.65. The van der Waals surface area contributed by atoms with Gasteiger partial charge >= 0.3 is 0 Å². The Morgan fingerprint density at radius 1 is 1.28 bits per heavy atom. The van der Waals surface area contributed by atoms with Crippen LogP contribution in [0.4, 0.5) is 5.69 Å². The molecule has 2 aromatic carbocycles. The predicted octanol–water partition coefficient (Wildman–Crippen LogP) is 3.57. The van der Waals surface area contributed by atoms with Crippen molar-refractivity contribution in [2.75, 3.05) is 13.2 Å². The number of fused-ring (bicyclic) bond motifs is 1. The fraction of sp³-hybridized carbons (Fsp3) is 0.190. The van der Waals surface area contributed by atoms with E-state index in [2.05, 4.69) is 10.1 Å². The molecule has 0 aliphatic carbocycles. The summed E-state index contributed by atoms with van der Waals surface area (Å²) in [4.78, 5) is 15.2. The van der Waals surface area contributed by atoms with E-state index in [1.54, 1.807) is 35.8 Å². The first kappa shape index (κ1) is 19.3. The summed E-state index contributed by atoms with van der Waals surface area (Å²) in [5, 5.41) is 6.69. The van der Waals surface area contributed by atoms with Crippen molar-refractivity contribution in [3.05, 3.63) is 75.7 Å². The number of nitrogens with zero attached hydrogens (tertiary/aromatic N) is 1. The normalized spacial score (nSPS) is 16.9. The number of benzene rings is 2. The number of pyridine rings is 1. The highest BCUT2D eigenvalue weighted by Crippen LogP contribution is 2.21. The van der Waals surface area contributed by atoms with Gasteiger partial charge in [0.05, 0.1) is 18.8 Å². The van der Waals surface area contributed by atoms with E-state index in [0.29, 0.717) is 22.7 Å². The summed E-state index contributed by atoms with van der Waals surface area (Å²) < 4.78 is 11.2. The Bertz CT molecular complexity index is 1120. The molecule has 1 aromatic heterocycles. The van der Waals surface area contributed by atoms with Crippen molar-refractivity contribution in [1.29, 1.82) is 5.53 Å². The van der Waals surface area contributed by atoms with Crippen LogP contribution in [0.2, 0.25) is 5.02 Å². The van der Waals surface area contributed by atoms with Crippen LogP contribution in [0.3, 0.4) is 0 Å². The van der Waals surface area contributed by atoms with Gasteiger partial charge in [-0.1, -0.05) is 11.6 Å². The summed E-state index contributed by atoms with van der Waals surface area (Å²) in [7, 11) is 0. The molecule has 0 amide bonds. The van der Waals surface area contributed by atoms with Crippen LogP contribution in [0.5, 0.6) is 5.75 Å². The third kappa shape index (κ3) is 4.54. The van der Waals surface area contributed by atoms with Crippen molar-refractivity contribution in [2.24, 2.45) is 5.11 Å². The SMILES string of the molecule is N=NC(=C[NH2+]c1ccc(OC2CCOC2)cc1)c1cc2cc(Cl)ccc2[nH]c1=O. The second-order valence-corrected chi connectivity index (χ2v) is 7.18. The molecule has 1 atom stereocenters. The van der Waals surface area contributed by atoms with Crippen molar-refractivity contribution in [3.8, 4) is 5.75 Å². The lowest BCUT2D eigenvalue weighted by Crippen LogP contribution is -2.71. The number of hydrogen-bond donors (Lipinski definition) is 3. The average Bonchev–Trinajstić information content (AvgIpc) is 3.23. The first-order valence-corrected chi connectivity index (χ1v) is 9.60. The van der Waals surface area contributed by atoms with Gasteiger partial charge in [0.25, 0.3) is 5.56 Å². The first-order valence-electron chi connectivity index (χ1n) is 9.22. The predicted molar refractivity (Wildman–Crippen MR) is 111 cm³/mol. The average molecular weight is 412 g/mol. The van der Waals surface area contributed by atoms with Crippen LogP contribution in [0, 0.1) is 5.53 Å². The highest BCUT2D eigenvalue weighted by molar-refractivity contribution is 6.31. The summed E-state index contributed by atoms with van der Waals surface area (Å²) in [5.74, 6) is 0.787. The number of aromatic amines is 1. The molecule has 8 heteroatoms. The van der Waals surface area contributed by atoms with Gasteiger partial charge in [0.2, 0.25) is 0 Å². The minimum Gasteiger partial charge on any atom is -0.488 e. The number of aromatic nitrogens is 1. The molecule has 1 saturated heterocycles. The molecular formula is C21H20ClN4O3+. The molecule has 2 heterocycles. The molecule has 1 unspecified atom stereocenters. The van der Waals surface area contributed by atoms with Crippen molar-refractivity contribution in [2.45, 2.75) is 12.5 Å². The fourth-order valence-electron chi connectivity index (χ4n) is 3.19. The van der Waals surface area contributed by atoms with Gasteiger partial charge in [-0.15, -0.1) is 0 Å². The molecule has 0 spiro atoms. The largest absolute Gasteiger partial charge is 0.488 e. The van der Waals surface area contributed by atoms with Gasteiger partial charge in [-0.05, 0) is 36.4 Å². The lowest BCUT2D eigenvalue weighted by Gasteiger charge is -2.11. The fourth-order valence-corrected chi connectivity index (χ4v) is 3.37. The monoisotopic (exact) mass is 411 g/mol. The maximum absolute atomic E-state index is 12.4. The standard InChI is InChI=1S/C21H19ClN4O3/c22-14-1-6-19-13(9-14)10-18(21(27)25-19)20(26-23)11-24-15-2-4-16(5-3-15)29-17-7-8-28-12-17/h1-6,9-11,17,23-24H,7-8,12H2,(H,25,27)/p+1. The molecule has 1 aliphatic rings. The van der Waals surface area contributed by atoms with E-state index in [0.717, 1.165) is 29.9 Å². The molecule has 0 saturated carbocycles. The van der Waals surface area contributed by atoms with E-state index < -0.39 is 0 Å². The second-order valence-electron chi connectivity index (χ2n) is 6.75. The van der Waals surface area contributed by atoms with E-state index in [4.69, 9.17) is 26.6 Å². The van der Waals surface area contributed by atoms with E-state index in [1.165, 1.54) is 0 Å². The van der Waals surface area contributed by atoms with Crippen LogP contribution in [0.15, 0.2) is 64.6 Å². The molecule has 4 N–H and O–H groups in total.